The van der Waals surface area contributed by atoms with Gasteiger partial charge in [-0.15, -0.1) is 0 Å². The van der Waals surface area contributed by atoms with Crippen molar-refractivity contribution in [1.29, 1.82) is 0 Å². The molecule has 5 nitrogen and oxygen atoms in total. The van der Waals surface area contributed by atoms with Crippen LogP contribution < -0.4 is 0 Å². The number of likely N-dealkylation sites (tertiary alicyclic amines) is 1. The van der Waals surface area contributed by atoms with Crippen molar-refractivity contribution in [3.8, 4) is 0 Å². The number of amides is 1. The number of carbonyl (C=O) groups excluding carboxylic acids is 1. The third kappa shape index (κ3) is 1.87. The summed E-state index contributed by atoms with van der Waals surface area (Å²) in [6.07, 6.45) is 0.930. The van der Waals surface area contributed by atoms with Gasteiger partial charge < -0.3 is 14.6 Å². The fraction of sp³-hybridized carbons (Fsp3) is 0.778. The van der Waals surface area contributed by atoms with E-state index in [0.717, 1.165) is 6.42 Å². The molecule has 1 atom stereocenters. The fourth-order valence-electron chi connectivity index (χ4n) is 1.77. The van der Waals surface area contributed by atoms with Crippen molar-refractivity contribution >= 4 is 12.4 Å². The predicted octanol–water partition coefficient (Wildman–Crippen LogP) is 0.734. The zero-order valence-corrected chi connectivity index (χ0v) is 8.23. The van der Waals surface area contributed by atoms with Gasteiger partial charge in [0.2, 0.25) is 0 Å². The Bertz CT molecular complexity index is 231. The van der Waals surface area contributed by atoms with Gasteiger partial charge in [0.25, 0.3) is 0 Å². The van der Waals surface area contributed by atoms with E-state index in [2.05, 4.69) is 0 Å². The van der Waals surface area contributed by atoms with Crippen LogP contribution in [0.5, 0.6) is 0 Å². The van der Waals surface area contributed by atoms with Gasteiger partial charge in [0.1, 0.15) is 11.8 Å². The molecule has 1 heterocycles. The van der Waals surface area contributed by atoms with Gasteiger partial charge in [0.15, 0.2) is 0 Å². The number of carboxylic acid groups (broad SMARTS) is 1. The van der Waals surface area contributed by atoms with Crippen LogP contribution in [0.1, 0.15) is 19.8 Å². The molecule has 1 aliphatic heterocycles. The van der Waals surface area contributed by atoms with Crippen LogP contribution in [0.25, 0.3) is 0 Å². The first kappa shape index (κ1) is 11.0. The second-order valence-corrected chi connectivity index (χ2v) is 3.40. The molecule has 0 saturated carbocycles. The first-order chi connectivity index (χ1) is 6.66. The molecular weight excluding hydrogens is 186 g/mol. The van der Waals surface area contributed by atoms with Crippen LogP contribution >= 0.6 is 0 Å². The average molecular weight is 201 g/mol. The van der Waals surface area contributed by atoms with Crippen LogP contribution in [0.3, 0.4) is 0 Å². The quantitative estimate of drug-likeness (QED) is 0.681. The molecule has 0 aliphatic carbocycles. The molecule has 0 aromatic carbocycles. The highest BCUT2D eigenvalue weighted by atomic mass is 16.5. The number of aldehydes is 1. The second kappa shape index (κ2) is 4.41. The lowest BCUT2D eigenvalue weighted by atomic mass is 10.00. The maximum absolute atomic E-state index is 11.0. The van der Waals surface area contributed by atoms with Gasteiger partial charge in [0, 0.05) is 13.2 Å². The number of hydrogen-bond donors (Lipinski definition) is 1. The summed E-state index contributed by atoms with van der Waals surface area (Å²) in [6.45, 7) is 2.89. The number of ether oxygens (including phenoxy) is 1. The van der Waals surface area contributed by atoms with Crippen molar-refractivity contribution < 1.29 is 19.4 Å². The SMILES string of the molecule is CCOCC1(C=O)CCCN1C(=O)O. The van der Waals surface area contributed by atoms with Gasteiger partial charge in [-0.3, -0.25) is 4.90 Å². The highest BCUT2D eigenvalue weighted by Crippen LogP contribution is 2.27. The molecule has 0 radical (unpaired) electrons. The number of rotatable bonds is 4. The maximum Gasteiger partial charge on any atom is 0.408 e. The summed E-state index contributed by atoms with van der Waals surface area (Å²) in [4.78, 5) is 23.0. The van der Waals surface area contributed by atoms with Crippen LogP contribution in [0, 0.1) is 0 Å². The number of carbonyl (C=O) groups is 2. The van der Waals surface area contributed by atoms with E-state index in [1.165, 1.54) is 4.90 Å². The molecule has 0 aromatic heterocycles. The molecule has 1 fully saturated rings. The van der Waals surface area contributed by atoms with Crippen molar-refractivity contribution in [1.82, 2.24) is 4.90 Å². The summed E-state index contributed by atoms with van der Waals surface area (Å²) < 4.78 is 5.16. The number of nitrogens with zero attached hydrogens (tertiary/aromatic N) is 1. The molecule has 5 heteroatoms. The van der Waals surface area contributed by atoms with E-state index in [0.29, 0.717) is 25.9 Å². The van der Waals surface area contributed by atoms with Gasteiger partial charge in [-0.05, 0) is 19.8 Å². The molecule has 0 bridgehead atoms. The summed E-state index contributed by atoms with van der Waals surface area (Å²) in [5, 5.41) is 8.89. The first-order valence-electron chi connectivity index (χ1n) is 4.71. The Morgan fingerprint density at radius 2 is 2.43 bits per heavy atom. The minimum Gasteiger partial charge on any atom is -0.465 e. The Kier molecular flexibility index (Phi) is 3.46. The van der Waals surface area contributed by atoms with E-state index >= 15 is 0 Å². The molecule has 1 unspecified atom stereocenters. The largest absolute Gasteiger partial charge is 0.465 e. The molecule has 1 N–H and O–H groups in total. The van der Waals surface area contributed by atoms with Gasteiger partial charge in [-0.1, -0.05) is 0 Å². The molecule has 1 amide bonds. The van der Waals surface area contributed by atoms with Gasteiger partial charge in [0.05, 0.1) is 6.61 Å². The van der Waals surface area contributed by atoms with Crippen molar-refractivity contribution in [3.63, 3.8) is 0 Å². The zero-order chi connectivity index (χ0) is 10.6. The van der Waals surface area contributed by atoms with Crippen LogP contribution in [-0.2, 0) is 9.53 Å². The smallest absolute Gasteiger partial charge is 0.408 e. The first-order valence-corrected chi connectivity index (χ1v) is 4.71. The third-order valence-corrected chi connectivity index (χ3v) is 2.54. The molecule has 1 aliphatic rings. The Balaban J connectivity index is 2.74. The summed E-state index contributed by atoms with van der Waals surface area (Å²) in [7, 11) is 0. The zero-order valence-electron chi connectivity index (χ0n) is 8.23. The summed E-state index contributed by atoms with van der Waals surface area (Å²) >= 11 is 0. The molecule has 1 rings (SSSR count). The van der Waals surface area contributed by atoms with Crippen molar-refractivity contribution in [2.75, 3.05) is 19.8 Å². The second-order valence-electron chi connectivity index (χ2n) is 3.40. The molecular formula is C9H15NO4. The van der Waals surface area contributed by atoms with E-state index in [1.807, 2.05) is 6.92 Å². The lowest BCUT2D eigenvalue weighted by Gasteiger charge is -2.30. The lowest BCUT2D eigenvalue weighted by molar-refractivity contribution is -0.119. The highest BCUT2D eigenvalue weighted by Gasteiger charge is 2.44. The van der Waals surface area contributed by atoms with Crippen molar-refractivity contribution in [2.45, 2.75) is 25.3 Å². The molecule has 14 heavy (non-hydrogen) atoms. The van der Waals surface area contributed by atoms with E-state index < -0.39 is 11.6 Å². The summed E-state index contributed by atoms with van der Waals surface area (Å²) in [5.41, 5.74) is -0.943. The molecule has 1 saturated heterocycles. The monoisotopic (exact) mass is 201 g/mol. The Labute approximate surface area is 82.6 Å². The molecule has 0 spiro atoms. The normalized spacial score (nSPS) is 26.5. The van der Waals surface area contributed by atoms with Crippen molar-refractivity contribution in [3.05, 3.63) is 0 Å². The Morgan fingerprint density at radius 3 is 2.93 bits per heavy atom. The van der Waals surface area contributed by atoms with Crippen LogP contribution in [-0.4, -0.2) is 47.7 Å². The average Bonchev–Trinajstić information content (AvgIpc) is 2.59. The molecule has 0 aromatic rings. The van der Waals surface area contributed by atoms with Crippen LogP contribution in [0.2, 0.25) is 0 Å². The van der Waals surface area contributed by atoms with E-state index in [9.17, 15) is 9.59 Å². The number of hydrogen-bond acceptors (Lipinski definition) is 3. The van der Waals surface area contributed by atoms with E-state index in [1.54, 1.807) is 0 Å². The molecule has 80 valence electrons. The third-order valence-electron chi connectivity index (χ3n) is 2.54. The predicted molar refractivity (Wildman–Crippen MR) is 49.3 cm³/mol. The summed E-state index contributed by atoms with van der Waals surface area (Å²) in [5.74, 6) is 0. The minimum absolute atomic E-state index is 0.166. The maximum atomic E-state index is 11.0. The van der Waals surface area contributed by atoms with Crippen LogP contribution in [0.15, 0.2) is 0 Å². The topological polar surface area (TPSA) is 66.8 Å². The minimum atomic E-state index is -1.05. The van der Waals surface area contributed by atoms with Gasteiger partial charge in [-0.25, -0.2) is 4.79 Å². The Hall–Kier alpha value is -1.10. The van der Waals surface area contributed by atoms with Crippen LogP contribution in [0.4, 0.5) is 4.79 Å². The highest BCUT2D eigenvalue weighted by molar-refractivity contribution is 5.76. The van der Waals surface area contributed by atoms with Crippen molar-refractivity contribution in [2.24, 2.45) is 0 Å². The van der Waals surface area contributed by atoms with Gasteiger partial charge >= 0.3 is 6.09 Å². The standard InChI is InChI=1S/C9H15NO4/c1-2-14-7-9(6-11)4-3-5-10(9)8(12)13/h6H,2-5,7H2,1H3,(H,12,13). The lowest BCUT2D eigenvalue weighted by Crippen LogP contribution is -2.51. The van der Waals surface area contributed by atoms with E-state index in [4.69, 9.17) is 9.84 Å². The summed E-state index contributed by atoms with van der Waals surface area (Å²) in [6, 6.07) is 0. The van der Waals surface area contributed by atoms with E-state index in [-0.39, 0.29) is 6.61 Å². The van der Waals surface area contributed by atoms with Gasteiger partial charge in [-0.2, -0.15) is 0 Å². The fourth-order valence-corrected chi connectivity index (χ4v) is 1.77. The Morgan fingerprint density at radius 1 is 1.71 bits per heavy atom.